The Balaban J connectivity index is 1.67. The van der Waals surface area contributed by atoms with E-state index in [9.17, 15) is 9.59 Å². The lowest BCUT2D eigenvalue weighted by molar-refractivity contribution is -0.116. The fraction of sp³-hybridized carbons (Fsp3) is 0.524. The summed E-state index contributed by atoms with van der Waals surface area (Å²) in [5, 5.41) is 13.6. The van der Waals surface area contributed by atoms with E-state index in [4.69, 9.17) is 0 Å². The Hall–Kier alpha value is -2.74. The van der Waals surface area contributed by atoms with E-state index in [0.29, 0.717) is 29.8 Å². The molecule has 0 bridgehead atoms. The van der Waals surface area contributed by atoms with Crippen LogP contribution in [0.4, 0.5) is 11.6 Å². The van der Waals surface area contributed by atoms with Crippen molar-refractivity contribution in [1.29, 1.82) is 0 Å². The molecule has 8 heteroatoms. The summed E-state index contributed by atoms with van der Waals surface area (Å²) < 4.78 is 1.61. The summed E-state index contributed by atoms with van der Waals surface area (Å²) in [5.74, 6) is 1.56. The molecule has 1 aliphatic heterocycles. The molecule has 2 aromatic rings. The van der Waals surface area contributed by atoms with Gasteiger partial charge in [0.05, 0.1) is 0 Å². The molecule has 3 rings (SSSR count). The number of benzene rings is 1. The SMILES string of the molecule is Cc1cc(C(=O)Nc2nc(C3CCNCC3)nn2C)ccc1NC(=O)CC(C)C. The maximum atomic E-state index is 12.7. The van der Waals surface area contributed by atoms with Gasteiger partial charge in [0.25, 0.3) is 5.91 Å². The first kappa shape index (κ1) is 21.0. The zero-order valence-corrected chi connectivity index (χ0v) is 17.6. The van der Waals surface area contributed by atoms with Crippen molar-refractivity contribution in [3.8, 4) is 0 Å². The van der Waals surface area contributed by atoms with Gasteiger partial charge in [-0.2, -0.15) is 10.1 Å². The second kappa shape index (κ2) is 9.17. The van der Waals surface area contributed by atoms with Gasteiger partial charge in [-0.1, -0.05) is 13.8 Å². The van der Waals surface area contributed by atoms with Crippen LogP contribution in [0.5, 0.6) is 0 Å². The number of rotatable bonds is 6. The number of amides is 2. The Kier molecular flexibility index (Phi) is 6.64. The van der Waals surface area contributed by atoms with E-state index < -0.39 is 0 Å². The van der Waals surface area contributed by atoms with Gasteiger partial charge in [0.15, 0.2) is 5.82 Å². The third kappa shape index (κ3) is 5.41. The minimum atomic E-state index is -0.250. The third-order valence-corrected chi connectivity index (χ3v) is 5.07. The van der Waals surface area contributed by atoms with E-state index in [2.05, 4.69) is 26.0 Å². The molecule has 2 heterocycles. The van der Waals surface area contributed by atoms with Crippen molar-refractivity contribution in [2.45, 2.75) is 46.0 Å². The molecule has 1 aromatic carbocycles. The molecule has 156 valence electrons. The first-order valence-corrected chi connectivity index (χ1v) is 10.2. The van der Waals surface area contributed by atoms with Crippen LogP contribution in [0.3, 0.4) is 0 Å². The van der Waals surface area contributed by atoms with E-state index in [-0.39, 0.29) is 11.8 Å². The number of nitrogens with zero attached hydrogens (tertiary/aromatic N) is 3. The van der Waals surface area contributed by atoms with Crippen LogP contribution in [0, 0.1) is 12.8 Å². The Morgan fingerprint density at radius 2 is 1.97 bits per heavy atom. The summed E-state index contributed by atoms with van der Waals surface area (Å²) in [6, 6.07) is 5.24. The van der Waals surface area contributed by atoms with Gasteiger partial charge in [-0.3, -0.25) is 14.9 Å². The lowest BCUT2D eigenvalue weighted by Gasteiger charge is -2.19. The predicted molar refractivity (Wildman–Crippen MR) is 113 cm³/mol. The molecule has 1 aromatic heterocycles. The molecule has 8 nitrogen and oxygen atoms in total. The molecule has 0 unspecified atom stereocenters. The lowest BCUT2D eigenvalue weighted by Crippen LogP contribution is -2.27. The quantitative estimate of drug-likeness (QED) is 0.695. The van der Waals surface area contributed by atoms with Crippen molar-refractivity contribution in [2.75, 3.05) is 23.7 Å². The van der Waals surface area contributed by atoms with Crippen LogP contribution in [0.25, 0.3) is 0 Å². The first-order valence-electron chi connectivity index (χ1n) is 10.2. The van der Waals surface area contributed by atoms with Crippen LogP contribution in [0.15, 0.2) is 18.2 Å². The summed E-state index contributed by atoms with van der Waals surface area (Å²) in [7, 11) is 1.78. The molecule has 1 saturated heterocycles. The summed E-state index contributed by atoms with van der Waals surface area (Å²) >= 11 is 0. The minimum absolute atomic E-state index is 0.0233. The van der Waals surface area contributed by atoms with Crippen LogP contribution in [-0.2, 0) is 11.8 Å². The molecule has 0 atom stereocenters. The molecule has 1 fully saturated rings. The van der Waals surface area contributed by atoms with E-state index in [0.717, 1.165) is 43.0 Å². The Morgan fingerprint density at radius 3 is 2.62 bits per heavy atom. The van der Waals surface area contributed by atoms with Gasteiger partial charge in [-0.15, -0.1) is 0 Å². The topological polar surface area (TPSA) is 101 Å². The Labute approximate surface area is 171 Å². The molecule has 0 saturated carbocycles. The maximum absolute atomic E-state index is 12.7. The number of hydrogen-bond donors (Lipinski definition) is 3. The number of carbonyl (C=O) groups excluding carboxylic acids is 2. The van der Waals surface area contributed by atoms with Crippen molar-refractivity contribution in [1.82, 2.24) is 20.1 Å². The minimum Gasteiger partial charge on any atom is -0.326 e. The standard InChI is InChI=1S/C21H30N6O2/c1-13(2)11-18(28)23-17-6-5-16(12-14(17)3)20(29)25-21-24-19(26-27(21)4)15-7-9-22-10-8-15/h5-6,12-13,15,22H,7-11H2,1-4H3,(H,23,28)(H,24,25,26,29). The van der Waals surface area contributed by atoms with Gasteiger partial charge in [-0.05, 0) is 62.5 Å². The zero-order chi connectivity index (χ0) is 21.0. The first-order chi connectivity index (χ1) is 13.8. The van der Waals surface area contributed by atoms with Gasteiger partial charge >= 0.3 is 0 Å². The van der Waals surface area contributed by atoms with Crippen LogP contribution < -0.4 is 16.0 Å². The van der Waals surface area contributed by atoms with Crippen LogP contribution in [0.2, 0.25) is 0 Å². The highest BCUT2D eigenvalue weighted by atomic mass is 16.2. The van der Waals surface area contributed by atoms with Crippen LogP contribution >= 0.6 is 0 Å². The van der Waals surface area contributed by atoms with Gasteiger partial charge in [0, 0.05) is 30.6 Å². The number of carbonyl (C=O) groups is 2. The van der Waals surface area contributed by atoms with Gasteiger partial charge < -0.3 is 10.6 Å². The Morgan fingerprint density at radius 1 is 1.24 bits per heavy atom. The van der Waals surface area contributed by atoms with Crippen molar-refractivity contribution >= 4 is 23.5 Å². The van der Waals surface area contributed by atoms with Gasteiger partial charge in [-0.25, -0.2) is 4.68 Å². The molecule has 1 aliphatic rings. The van der Waals surface area contributed by atoms with Crippen LogP contribution in [0.1, 0.15) is 60.8 Å². The second-order valence-corrected chi connectivity index (χ2v) is 8.07. The zero-order valence-electron chi connectivity index (χ0n) is 17.6. The smallest absolute Gasteiger partial charge is 0.258 e. The number of nitrogens with one attached hydrogen (secondary N) is 3. The molecular formula is C21H30N6O2. The molecule has 0 spiro atoms. The molecule has 0 aliphatic carbocycles. The molecule has 3 N–H and O–H groups in total. The summed E-state index contributed by atoms with van der Waals surface area (Å²) in [5.41, 5.74) is 2.07. The van der Waals surface area contributed by atoms with Crippen LogP contribution in [-0.4, -0.2) is 39.7 Å². The van der Waals surface area contributed by atoms with E-state index in [1.807, 2.05) is 20.8 Å². The monoisotopic (exact) mass is 398 g/mol. The highest BCUT2D eigenvalue weighted by Crippen LogP contribution is 2.24. The van der Waals surface area contributed by atoms with Gasteiger partial charge in [0.1, 0.15) is 0 Å². The molecular weight excluding hydrogens is 368 g/mol. The highest BCUT2D eigenvalue weighted by molar-refractivity contribution is 6.04. The predicted octanol–water partition coefficient (Wildman–Crippen LogP) is 2.83. The molecule has 2 amide bonds. The second-order valence-electron chi connectivity index (χ2n) is 8.07. The summed E-state index contributed by atoms with van der Waals surface area (Å²) in [6.45, 7) is 7.80. The Bertz CT molecular complexity index is 883. The average molecular weight is 399 g/mol. The largest absolute Gasteiger partial charge is 0.326 e. The number of piperidine rings is 1. The van der Waals surface area contributed by atoms with E-state index in [1.165, 1.54) is 0 Å². The highest BCUT2D eigenvalue weighted by Gasteiger charge is 2.21. The number of aromatic nitrogens is 3. The average Bonchev–Trinajstić information content (AvgIpc) is 3.04. The summed E-state index contributed by atoms with van der Waals surface area (Å²) in [4.78, 5) is 29.2. The number of aryl methyl sites for hydroxylation is 2. The van der Waals surface area contributed by atoms with Crippen molar-refractivity contribution in [3.63, 3.8) is 0 Å². The van der Waals surface area contributed by atoms with E-state index in [1.54, 1.807) is 29.9 Å². The lowest BCUT2D eigenvalue weighted by atomic mass is 9.98. The number of anilines is 2. The van der Waals surface area contributed by atoms with Crippen molar-refractivity contribution in [3.05, 3.63) is 35.2 Å². The van der Waals surface area contributed by atoms with Crippen molar-refractivity contribution in [2.24, 2.45) is 13.0 Å². The van der Waals surface area contributed by atoms with Crippen molar-refractivity contribution < 1.29 is 9.59 Å². The summed E-state index contributed by atoms with van der Waals surface area (Å²) in [6.07, 6.45) is 2.47. The molecule has 29 heavy (non-hydrogen) atoms. The molecule has 0 radical (unpaired) electrons. The fourth-order valence-electron chi connectivity index (χ4n) is 3.46. The van der Waals surface area contributed by atoms with Gasteiger partial charge in [0.2, 0.25) is 11.9 Å². The fourth-order valence-corrected chi connectivity index (χ4v) is 3.46. The number of hydrogen-bond acceptors (Lipinski definition) is 5. The third-order valence-electron chi connectivity index (χ3n) is 5.07. The van der Waals surface area contributed by atoms with E-state index >= 15 is 0 Å². The normalized spacial score (nSPS) is 14.8. The maximum Gasteiger partial charge on any atom is 0.258 e.